The number of carboxylic acid groups (broad SMARTS) is 1. The van der Waals surface area contributed by atoms with E-state index in [0.717, 1.165) is 32.1 Å². The summed E-state index contributed by atoms with van der Waals surface area (Å²) in [5, 5.41) is 30.4. The van der Waals surface area contributed by atoms with E-state index < -0.39 is 5.97 Å². The van der Waals surface area contributed by atoms with E-state index in [0.29, 0.717) is 35.0 Å². The summed E-state index contributed by atoms with van der Waals surface area (Å²) in [4.78, 5) is 11.1. The van der Waals surface area contributed by atoms with Crippen LogP contribution >= 0.6 is 0 Å². The first-order valence-corrected chi connectivity index (χ1v) is 11.7. The Morgan fingerprint density at radius 2 is 1.64 bits per heavy atom. The third-order valence-corrected chi connectivity index (χ3v) is 10.2. The van der Waals surface area contributed by atoms with Gasteiger partial charge in [-0.2, -0.15) is 0 Å². The minimum atomic E-state index is -0.677. The van der Waals surface area contributed by atoms with Crippen LogP contribution in [0.1, 0.15) is 85.0 Å². The molecule has 0 saturated heterocycles. The van der Waals surface area contributed by atoms with Crippen molar-refractivity contribution in [2.75, 3.05) is 0 Å². The highest BCUT2D eigenvalue weighted by molar-refractivity contribution is 5.66. The van der Waals surface area contributed by atoms with Gasteiger partial charge in [0.2, 0.25) is 0 Å². The van der Waals surface area contributed by atoms with Crippen molar-refractivity contribution in [3.8, 4) is 0 Å². The predicted octanol–water partition coefficient (Wildman–Crippen LogP) is 4.48. The molecule has 0 aliphatic heterocycles. The van der Waals surface area contributed by atoms with Gasteiger partial charge < -0.3 is 15.3 Å². The number of aliphatic carboxylic acids is 1. The zero-order valence-electron chi connectivity index (χ0n) is 17.9. The summed E-state index contributed by atoms with van der Waals surface area (Å²) < 4.78 is 0. The zero-order chi connectivity index (χ0) is 20.3. The molecule has 4 rings (SSSR count). The van der Waals surface area contributed by atoms with Gasteiger partial charge in [-0.3, -0.25) is 4.79 Å². The second-order valence-corrected chi connectivity index (χ2v) is 11.4. The summed E-state index contributed by atoms with van der Waals surface area (Å²) in [6.45, 7) is 7.16. The molecule has 4 aliphatic carbocycles. The molecule has 0 amide bonds. The molecule has 160 valence electrons. The summed E-state index contributed by atoms with van der Waals surface area (Å²) in [5.74, 6) is 2.61. The lowest BCUT2D eigenvalue weighted by Gasteiger charge is -2.62. The van der Waals surface area contributed by atoms with Crippen molar-refractivity contribution in [3.05, 3.63) is 0 Å². The lowest BCUT2D eigenvalue weighted by molar-refractivity contribution is -0.172. The van der Waals surface area contributed by atoms with E-state index in [4.69, 9.17) is 5.11 Å². The average molecular weight is 393 g/mol. The van der Waals surface area contributed by atoms with Crippen molar-refractivity contribution in [1.29, 1.82) is 0 Å². The fraction of sp³-hybridized carbons (Fsp3) is 0.958. The molecule has 4 fully saturated rings. The van der Waals surface area contributed by atoms with Crippen molar-refractivity contribution >= 4 is 5.97 Å². The highest BCUT2D eigenvalue weighted by Crippen LogP contribution is 2.68. The molecule has 4 nitrogen and oxygen atoms in total. The Kier molecular flexibility index (Phi) is 5.36. The first kappa shape index (κ1) is 20.7. The Bertz CT molecular complexity index is 605. The molecular formula is C24H40O4. The molecule has 10 atom stereocenters. The molecule has 0 bridgehead atoms. The summed E-state index contributed by atoms with van der Waals surface area (Å²) in [6, 6.07) is 0. The van der Waals surface area contributed by atoms with Gasteiger partial charge in [-0.1, -0.05) is 20.8 Å². The molecule has 28 heavy (non-hydrogen) atoms. The van der Waals surface area contributed by atoms with Crippen LogP contribution < -0.4 is 0 Å². The van der Waals surface area contributed by atoms with Crippen LogP contribution in [-0.2, 0) is 4.79 Å². The number of hydrogen-bond acceptors (Lipinski definition) is 3. The molecule has 3 N–H and O–H groups in total. The number of rotatable bonds is 4. The number of fused-ring (bicyclic) bond motifs is 5. The van der Waals surface area contributed by atoms with Gasteiger partial charge in [-0.15, -0.1) is 0 Å². The highest BCUT2D eigenvalue weighted by atomic mass is 16.4. The van der Waals surface area contributed by atoms with E-state index in [1.807, 2.05) is 0 Å². The molecule has 0 spiro atoms. The second kappa shape index (κ2) is 7.27. The number of hydrogen-bond donors (Lipinski definition) is 3. The van der Waals surface area contributed by atoms with Gasteiger partial charge in [0.25, 0.3) is 0 Å². The predicted molar refractivity (Wildman–Crippen MR) is 109 cm³/mol. The fourth-order valence-corrected chi connectivity index (χ4v) is 8.81. The van der Waals surface area contributed by atoms with Crippen LogP contribution in [0.25, 0.3) is 0 Å². The molecule has 0 aromatic heterocycles. The van der Waals surface area contributed by atoms with E-state index in [1.54, 1.807) is 0 Å². The Labute approximate surface area is 170 Å². The third kappa shape index (κ3) is 3.14. The maximum absolute atomic E-state index is 11.1. The number of aliphatic hydroxyl groups is 2. The maximum atomic E-state index is 11.1. The van der Waals surface area contributed by atoms with Crippen molar-refractivity contribution in [2.24, 2.45) is 46.3 Å². The number of aliphatic hydroxyl groups excluding tert-OH is 2. The van der Waals surface area contributed by atoms with Crippen LogP contribution in [0.2, 0.25) is 0 Å². The molecule has 0 aromatic carbocycles. The van der Waals surface area contributed by atoms with Crippen molar-refractivity contribution in [3.63, 3.8) is 0 Å². The van der Waals surface area contributed by atoms with Crippen molar-refractivity contribution < 1.29 is 20.1 Å². The van der Waals surface area contributed by atoms with Crippen molar-refractivity contribution in [1.82, 2.24) is 0 Å². The molecule has 0 heterocycles. The topological polar surface area (TPSA) is 77.8 Å². The van der Waals surface area contributed by atoms with Gasteiger partial charge in [-0.05, 0) is 104 Å². The standard InChI is InChI=1S/C24H40O4/c1-14(4-7-22(27)28)17-5-6-18-16-13-21(26)20-12-15(25)8-10-24(20,3)19(16)9-11-23(17,18)2/h14-21,25-26H,4-13H2,1-3H3,(H,27,28)/t14-,15+,16+,17+,18-,19+,20-,21-,23+,24+/m0/s1. The van der Waals surface area contributed by atoms with Gasteiger partial charge in [0.1, 0.15) is 0 Å². The molecule has 0 aromatic rings. The zero-order valence-corrected chi connectivity index (χ0v) is 17.9. The SMILES string of the molecule is C[C@@H](CCC(=O)O)[C@H]1CC[C@H]2[C@H]3C[C@H](O)[C@@H]4C[C@H](O)CC[C@]4(C)[C@@H]3CC[C@]12C. The molecule has 4 aliphatic rings. The quantitative estimate of drug-likeness (QED) is 0.659. The minimum absolute atomic E-state index is 0.176. The van der Waals surface area contributed by atoms with Crippen LogP contribution in [0.5, 0.6) is 0 Å². The van der Waals surface area contributed by atoms with Crippen molar-refractivity contribution in [2.45, 2.75) is 97.2 Å². The molecule has 4 saturated carbocycles. The average Bonchev–Trinajstić information content (AvgIpc) is 2.99. The van der Waals surface area contributed by atoms with E-state index in [1.165, 1.54) is 25.7 Å². The van der Waals surface area contributed by atoms with Gasteiger partial charge in [0.15, 0.2) is 0 Å². The fourth-order valence-electron chi connectivity index (χ4n) is 8.81. The van der Waals surface area contributed by atoms with Crippen LogP contribution in [-0.4, -0.2) is 33.5 Å². The lowest BCUT2D eigenvalue weighted by atomic mass is 9.44. The summed E-state index contributed by atoms with van der Waals surface area (Å²) in [5.41, 5.74) is 0.478. The minimum Gasteiger partial charge on any atom is -0.481 e. The smallest absolute Gasteiger partial charge is 0.303 e. The van der Waals surface area contributed by atoms with Crippen LogP contribution in [0.3, 0.4) is 0 Å². The van der Waals surface area contributed by atoms with Gasteiger partial charge in [0, 0.05) is 6.42 Å². The Balaban J connectivity index is 1.55. The molecule has 0 unspecified atom stereocenters. The Morgan fingerprint density at radius 1 is 0.964 bits per heavy atom. The van der Waals surface area contributed by atoms with E-state index in [-0.39, 0.29) is 30.0 Å². The highest BCUT2D eigenvalue weighted by Gasteiger charge is 2.62. The first-order valence-electron chi connectivity index (χ1n) is 11.7. The van der Waals surface area contributed by atoms with Gasteiger partial charge in [0.05, 0.1) is 12.2 Å². The van der Waals surface area contributed by atoms with Crippen LogP contribution in [0, 0.1) is 46.3 Å². The first-order chi connectivity index (χ1) is 13.2. The van der Waals surface area contributed by atoms with Crippen LogP contribution in [0.15, 0.2) is 0 Å². The van der Waals surface area contributed by atoms with Gasteiger partial charge >= 0.3 is 5.97 Å². The molecule has 4 heteroatoms. The largest absolute Gasteiger partial charge is 0.481 e. The number of carboxylic acids is 1. The van der Waals surface area contributed by atoms with E-state index in [9.17, 15) is 15.0 Å². The van der Waals surface area contributed by atoms with E-state index in [2.05, 4.69) is 20.8 Å². The molecular weight excluding hydrogens is 352 g/mol. The normalized spacial score (nSPS) is 51.7. The third-order valence-electron chi connectivity index (χ3n) is 10.2. The van der Waals surface area contributed by atoms with E-state index >= 15 is 0 Å². The Morgan fingerprint density at radius 3 is 2.36 bits per heavy atom. The monoisotopic (exact) mass is 392 g/mol. The maximum Gasteiger partial charge on any atom is 0.303 e. The summed E-state index contributed by atoms with van der Waals surface area (Å²) >= 11 is 0. The summed E-state index contributed by atoms with van der Waals surface area (Å²) in [6.07, 6.45) is 9.16. The second-order valence-electron chi connectivity index (χ2n) is 11.4. The molecule has 0 radical (unpaired) electrons. The number of carbonyl (C=O) groups is 1. The van der Waals surface area contributed by atoms with Gasteiger partial charge in [-0.25, -0.2) is 0 Å². The lowest BCUT2D eigenvalue weighted by Crippen LogP contribution is -2.58. The Hall–Kier alpha value is -0.610. The van der Waals surface area contributed by atoms with Crippen LogP contribution in [0.4, 0.5) is 0 Å². The summed E-state index contributed by atoms with van der Waals surface area (Å²) in [7, 11) is 0.